The van der Waals surface area contributed by atoms with E-state index in [9.17, 15) is 13.2 Å². The minimum Gasteiger partial charge on any atom is -0.355 e. The molecular formula is C15H14N4O3S. The Balaban J connectivity index is 2.13. The first kappa shape index (κ1) is 15.2. The number of sulfone groups is 1. The van der Waals surface area contributed by atoms with Gasteiger partial charge in [0.25, 0.3) is 5.91 Å². The Morgan fingerprint density at radius 2 is 1.87 bits per heavy atom. The molecule has 0 aliphatic rings. The standard InChI is InChI=1S/C15H14N4O3S/c1-16-14(20)11-5-3-10(4-6-11)12-9-18-13-15(23(2,21)22)17-7-8-19(12)13/h3-9H,1-2H3,(H,16,20). The summed E-state index contributed by atoms with van der Waals surface area (Å²) in [5, 5.41) is 2.50. The lowest BCUT2D eigenvalue weighted by Crippen LogP contribution is -2.17. The van der Waals surface area contributed by atoms with Crippen LogP contribution in [0.4, 0.5) is 0 Å². The smallest absolute Gasteiger partial charge is 0.251 e. The molecule has 0 radical (unpaired) electrons. The summed E-state index contributed by atoms with van der Waals surface area (Å²) in [6, 6.07) is 6.97. The predicted octanol–water partition coefficient (Wildman–Crippen LogP) is 1.16. The van der Waals surface area contributed by atoms with Crippen molar-refractivity contribution in [2.24, 2.45) is 0 Å². The second kappa shape index (κ2) is 5.47. The van der Waals surface area contributed by atoms with Gasteiger partial charge in [0.15, 0.2) is 20.5 Å². The van der Waals surface area contributed by atoms with E-state index in [0.29, 0.717) is 5.56 Å². The normalized spacial score (nSPS) is 11.6. The molecule has 0 aliphatic carbocycles. The number of nitrogens with zero attached hydrogens (tertiary/aromatic N) is 3. The number of amides is 1. The summed E-state index contributed by atoms with van der Waals surface area (Å²) < 4.78 is 25.2. The van der Waals surface area contributed by atoms with Gasteiger partial charge in [0, 0.05) is 36.8 Å². The molecule has 2 aromatic heterocycles. The van der Waals surface area contributed by atoms with E-state index in [2.05, 4.69) is 15.3 Å². The second-order valence-electron chi connectivity index (χ2n) is 5.00. The third-order valence-corrected chi connectivity index (χ3v) is 4.41. The molecule has 2 heterocycles. The zero-order valence-electron chi connectivity index (χ0n) is 12.5. The summed E-state index contributed by atoms with van der Waals surface area (Å²) in [4.78, 5) is 19.7. The topological polar surface area (TPSA) is 93.4 Å². The second-order valence-corrected chi connectivity index (χ2v) is 6.93. The summed E-state index contributed by atoms with van der Waals surface area (Å²) in [6.07, 6.45) is 5.76. The van der Waals surface area contributed by atoms with Gasteiger partial charge in [0.05, 0.1) is 11.9 Å². The lowest BCUT2D eigenvalue weighted by molar-refractivity contribution is 0.0963. The average Bonchev–Trinajstić information content (AvgIpc) is 2.97. The van der Waals surface area contributed by atoms with E-state index in [0.717, 1.165) is 17.5 Å². The molecule has 0 aliphatic heterocycles. The lowest BCUT2D eigenvalue weighted by atomic mass is 10.1. The van der Waals surface area contributed by atoms with E-state index in [1.54, 1.807) is 48.1 Å². The third kappa shape index (κ3) is 2.68. The monoisotopic (exact) mass is 330 g/mol. The molecule has 0 atom stereocenters. The number of imidazole rings is 1. The Labute approximate surface area is 132 Å². The van der Waals surface area contributed by atoms with Crippen molar-refractivity contribution in [2.75, 3.05) is 13.3 Å². The molecule has 7 nitrogen and oxygen atoms in total. The first-order valence-electron chi connectivity index (χ1n) is 6.76. The number of hydrogen-bond acceptors (Lipinski definition) is 5. The van der Waals surface area contributed by atoms with Crippen molar-refractivity contribution in [1.29, 1.82) is 0 Å². The van der Waals surface area contributed by atoms with Crippen molar-refractivity contribution in [3.63, 3.8) is 0 Å². The number of aromatic nitrogens is 3. The zero-order valence-corrected chi connectivity index (χ0v) is 13.3. The Hall–Kier alpha value is -2.74. The molecule has 0 bridgehead atoms. The van der Waals surface area contributed by atoms with Crippen LogP contribution in [0.25, 0.3) is 16.9 Å². The number of benzene rings is 1. The number of rotatable bonds is 3. The fourth-order valence-electron chi connectivity index (χ4n) is 2.31. The number of hydrogen-bond donors (Lipinski definition) is 1. The van der Waals surface area contributed by atoms with Gasteiger partial charge in [0.2, 0.25) is 0 Å². The van der Waals surface area contributed by atoms with Crippen LogP contribution in [0.2, 0.25) is 0 Å². The van der Waals surface area contributed by atoms with Crippen molar-refractivity contribution >= 4 is 21.4 Å². The van der Waals surface area contributed by atoms with Crippen LogP contribution in [0.5, 0.6) is 0 Å². The molecular weight excluding hydrogens is 316 g/mol. The van der Waals surface area contributed by atoms with Crippen LogP contribution >= 0.6 is 0 Å². The SMILES string of the molecule is CNC(=O)c1ccc(-c2cnc3c(S(C)(=O)=O)nccn23)cc1. The molecule has 23 heavy (non-hydrogen) atoms. The van der Waals surface area contributed by atoms with E-state index < -0.39 is 9.84 Å². The lowest BCUT2D eigenvalue weighted by Gasteiger charge is -2.05. The summed E-state index contributed by atoms with van der Waals surface area (Å²) in [5.41, 5.74) is 2.36. The van der Waals surface area contributed by atoms with Gasteiger partial charge in [0.1, 0.15) is 0 Å². The fraction of sp³-hybridized carbons (Fsp3) is 0.133. The van der Waals surface area contributed by atoms with Crippen molar-refractivity contribution in [3.8, 4) is 11.3 Å². The molecule has 118 valence electrons. The largest absolute Gasteiger partial charge is 0.355 e. The average molecular weight is 330 g/mol. The number of nitrogens with one attached hydrogen (secondary N) is 1. The van der Waals surface area contributed by atoms with Gasteiger partial charge >= 0.3 is 0 Å². The summed E-state index contributed by atoms with van der Waals surface area (Å²) >= 11 is 0. The van der Waals surface area contributed by atoms with E-state index in [-0.39, 0.29) is 16.6 Å². The van der Waals surface area contributed by atoms with Crippen molar-refractivity contribution in [3.05, 3.63) is 48.4 Å². The minimum atomic E-state index is -3.47. The maximum absolute atomic E-state index is 11.8. The van der Waals surface area contributed by atoms with E-state index in [4.69, 9.17) is 0 Å². The van der Waals surface area contributed by atoms with Crippen LogP contribution in [-0.2, 0) is 9.84 Å². The molecule has 1 N–H and O–H groups in total. The molecule has 1 aromatic carbocycles. The molecule has 0 saturated carbocycles. The van der Waals surface area contributed by atoms with Crippen LogP contribution in [0.3, 0.4) is 0 Å². The van der Waals surface area contributed by atoms with Gasteiger partial charge < -0.3 is 5.32 Å². The molecule has 1 amide bonds. The third-order valence-electron chi connectivity index (χ3n) is 3.42. The highest BCUT2D eigenvalue weighted by Crippen LogP contribution is 2.23. The molecule has 8 heteroatoms. The quantitative estimate of drug-likeness (QED) is 0.778. The number of carbonyl (C=O) groups is 1. The van der Waals surface area contributed by atoms with Gasteiger partial charge in [-0.05, 0) is 12.1 Å². The van der Waals surface area contributed by atoms with Crippen molar-refractivity contribution < 1.29 is 13.2 Å². The predicted molar refractivity (Wildman–Crippen MR) is 84.9 cm³/mol. The Kier molecular flexibility index (Phi) is 3.61. The fourth-order valence-corrected chi connectivity index (χ4v) is 3.04. The molecule has 3 rings (SSSR count). The highest BCUT2D eigenvalue weighted by molar-refractivity contribution is 7.90. The van der Waals surface area contributed by atoms with E-state index in [1.165, 1.54) is 6.20 Å². The summed E-state index contributed by atoms with van der Waals surface area (Å²) in [5.74, 6) is -0.168. The molecule has 0 unspecified atom stereocenters. The highest BCUT2D eigenvalue weighted by Gasteiger charge is 2.17. The number of fused-ring (bicyclic) bond motifs is 1. The van der Waals surface area contributed by atoms with E-state index in [1.807, 2.05) is 0 Å². The Bertz CT molecular complexity index is 991. The van der Waals surface area contributed by atoms with Crippen LogP contribution < -0.4 is 5.32 Å². The molecule has 0 fully saturated rings. The van der Waals surface area contributed by atoms with Crippen LogP contribution in [0.1, 0.15) is 10.4 Å². The van der Waals surface area contributed by atoms with Gasteiger partial charge in [-0.2, -0.15) is 0 Å². The maximum Gasteiger partial charge on any atom is 0.251 e. The van der Waals surface area contributed by atoms with Gasteiger partial charge in [-0.25, -0.2) is 18.4 Å². The number of carbonyl (C=O) groups excluding carboxylic acids is 1. The van der Waals surface area contributed by atoms with Gasteiger partial charge in [-0.1, -0.05) is 12.1 Å². The van der Waals surface area contributed by atoms with Crippen LogP contribution in [0, 0.1) is 0 Å². The van der Waals surface area contributed by atoms with Crippen molar-refractivity contribution in [2.45, 2.75) is 5.03 Å². The van der Waals surface area contributed by atoms with Gasteiger partial charge in [-0.15, -0.1) is 0 Å². The first-order chi connectivity index (χ1) is 10.9. The molecule has 0 saturated heterocycles. The first-order valence-corrected chi connectivity index (χ1v) is 8.65. The van der Waals surface area contributed by atoms with Crippen LogP contribution in [-0.4, -0.2) is 42.0 Å². The highest BCUT2D eigenvalue weighted by atomic mass is 32.2. The zero-order chi connectivity index (χ0) is 16.6. The minimum absolute atomic E-state index is 0.0618. The van der Waals surface area contributed by atoms with E-state index >= 15 is 0 Å². The Morgan fingerprint density at radius 1 is 1.17 bits per heavy atom. The Morgan fingerprint density at radius 3 is 2.48 bits per heavy atom. The maximum atomic E-state index is 11.8. The molecule has 3 aromatic rings. The molecule has 0 spiro atoms. The van der Waals surface area contributed by atoms with Crippen molar-refractivity contribution in [1.82, 2.24) is 19.7 Å². The summed E-state index contributed by atoms with van der Waals surface area (Å²) in [6.45, 7) is 0. The van der Waals surface area contributed by atoms with Gasteiger partial charge in [-0.3, -0.25) is 9.20 Å². The van der Waals surface area contributed by atoms with Crippen LogP contribution in [0.15, 0.2) is 47.9 Å². The summed E-state index contributed by atoms with van der Waals surface area (Å²) in [7, 11) is -1.90.